The van der Waals surface area contributed by atoms with Gasteiger partial charge in [0.25, 0.3) is 0 Å². The van der Waals surface area contributed by atoms with Crippen molar-refractivity contribution in [3.8, 4) is 33.4 Å². The fourth-order valence-corrected chi connectivity index (χ4v) is 6.29. The molecule has 1 aromatic heterocycles. The van der Waals surface area contributed by atoms with E-state index >= 15 is 0 Å². The zero-order valence-electron chi connectivity index (χ0n) is 26.1. The molecule has 0 radical (unpaired) electrons. The first-order valence-corrected chi connectivity index (χ1v) is 15.9. The lowest BCUT2D eigenvalue weighted by Gasteiger charge is -2.14. The van der Waals surface area contributed by atoms with Crippen molar-refractivity contribution >= 4 is 33.5 Å². The minimum Gasteiger partial charge on any atom is -0.456 e. The summed E-state index contributed by atoms with van der Waals surface area (Å²) in [6.45, 7) is 0. The first-order chi connectivity index (χ1) is 23.7. The number of amidine groups is 1. The van der Waals surface area contributed by atoms with Crippen molar-refractivity contribution < 1.29 is 4.42 Å². The van der Waals surface area contributed by atoms with Crippen LogP contribution in [0.4, 0.5) is 0 Å². The molecule has 48 heavy (non-hydrogen) atoms. The van der Waals surface area contributed by atoms with Crippen molar-refractivity contribution in [1.82, 2.24) is 0 Å². The summed E-state index contributed by atoms with van der Waals surface area (Å²) in [5.74, 6) is 6.56. The average Bonchev–Trinajstić information content (AvgIpc) is 3.55. The van der Waals surface area contributed by atoms with Crippen LogP contribution >= 0.6 is 0 Å². The van der Waals surface area contributed by atoms with E-state index in [1.54, 1.807) is 0 Å². The Hall–Kier alpha value is -6.52. The van der Waals surface area contributed by atoms with Gasteiger partial charge in [0, 0.05) is 27.5 Å². The number of aliphatic imine (C=N–C) groups is 1. The summed E-state index contributed by atoms with van der Waals surface area (Å²) >= 11 is 0. The predicted octanol–water partition coefficient (Wildman–Crippen LogP) is 10.7. The van der Waals surface area contributed by atoms with Gasteiger partial charge in [-0.15, -0.1) is 0 Å². The molecule has 8 aromatic rings. The van der Waals surface area contributed by atoms with Crippen LogP contribution in [0.2, 0.25) is 0 Å². The highest BCUT2D eigenvalue weighted by molar-refractivity contribution is 6.27. The summed E-state index contributed by atoms with van der Waals surface area (Å²) in [6, 6.07) is 60.2. The van der Waals surface area contributed by atoms with E-state index in [1.165, 1.54) is 0 Å². The van der Waals surface area contributed by atoms with Crippen molar-refractivity contribution in [3.63, 3.8) is 0 Å². The molecule has 0 atom stereocenters. The van der Waals surface area contributed by atoms with E-state index in [9.17, 15) is 0 Å². The Balaban J connectivity index is 1.34. The Bertz CT molecular complexity index is 2410. The molecule has 1 heterocycles. The van der Waals surface area contributed by atoms with E-state index in [1.807, 2.05) is 72.8 Å². The third kappa shape index (κ3) is 5.57. The molecular formula is C44H31N3O. The third-order valence-electron chi connectivity index (χ3n) is 8.70. The topological polar surface area (TPSA) is 63.9 Å². The van der Waals surface area contributed by atoms with Gasteiger partial charge in [-0.2, -0.15) is 5.10 Å². The standard InChI is InChI=1S/C44H31N3O/c45-47-44(36-26-22-34(23-27-36)31-14-6-2-7-15-31)46-43(35-24-20-33(21-25-35)30-12-4-1-5-13-30)39-28-37(32-16-8-3-9-17-32)29-41-42(39)38-18-10-11-19-40(38)48-41/h1-29H,45H2/b46-43?,47-44-. The van der Waals surface area contributed by atoms with Crippen LogP contribution < -0.4 is 5.84 Å². The molecule has 0 aliphatic rings. The van der Waals surface area contributed by atoms with E-state index in [2.05, 4.69) is 108 Å². The average molecular weight is 618 g/mol. The quantitative estimate of drug-likeness (QED) is 0.0873. The number of nitrogens with two attached hydrogens (primary N) is 1. The van der Waals surface area contributed by atoms with Crippen LogP contribution in [0, 0.1) is 0 Å². The summed E-state index contributed by atoms with van der Waals surface area (Å²) in [5, 5.41) is 6.25. The van der Waals surface area contributed by atoms with Crippen LogP contribution in [0.15, 0.2) is 190 Å². The summed E-state index contributed by atoms with van der Waals surface area (Å²) < 4.78 is 6.48. The minimum atomic E-state index is 0.433. The number of nitrogens with zero attached hydrogens (tertiary/aromatic N) is 2. The Morgan fingerprint density at radius 3 is 1.48 bits per heavy atom. The monoisotopic (exact) mass is 617 g/mol. The Morgan fingerprint density at radius 2 is 0.917 bits per heavy atom. The highest BCUT2D eigenvalue weighted by Crippen LogP contribution is 2.37. The second-order valence-electron chi connectivity index (χ2n) is 11.7. The molecule has 0 aliphatic heterocycles. The van der Waals surface area contributed by atoms with Crippen LogP contribution in [0.5, 0.6) is 0 Å². The van der Waals surface area contributed by atoms with Gasteiger partial charge in [-0.3, -0.25) is 0 Å². The van der Waals surface area contributed by atoms with Crippen molar-refractivity contribution in [2.75, 3.05) is 0 Å². The first-order valence-electron chi connectivity index (χ1n) is 15.9. The fraction of sp³-hybridized carbons (Fsp3) is 0. The predicted molar refractivity (Wildman–Crippen MR) is 199 cm³/mol. The molecule has 0 saturated heterocycles. The number of furan rings is 1. The lowest BCUT2D eigenvalue weighted by atomic mass is 9.92. The normalized spacial score (nSPS) is 12.1. The van der Waals surface area contributed by atoms with Crippen LogP contribution in [-0.4, -0.2) is 11.5 Å². The van der Waals surface area contributed by atoms with Crippen LogP contribution in [0.3, 0.4) is 0 Å². The number of fused-ring (bicyclic) bond motifs is 3. The molecule has 0 aliphatic carbocycles. The lowest BCUT2D eigenvalue weighted by Crippen LogP contribution is -2.11. The van der Waals surface area contributed by atoms with Gasteiger partial charge in [0.15, 0.2) is 5.84 Å². The van der Waals surface area contributed by atoms with Crippen LogP contribution in [0.25, 0.3) is 55.3 Å². The molecule has 8 rings (SSSR count). The van der Waals surface area contributed by atoms with Gasteiger partial charge in [0.2, 0.25) is 0 Å². The zero-order chi connectivity index (χ0) is 32.3. The van der Waals surface area contributed by atoms with Crippen LogP contribution in [-0.2, 0) is 0 Å². The van der Waals surface area contributed by atoms with E-state index < -0.39 is 0 Å². The maximum absolute atomic E-state index is 6.48. The molecule has 4 heteroatoms. The van der Waals surface area contributed by atoms with Crippen molar-refractivity contribution in [2.24, 2.45) is 15.9 Å². The van der Waals surface area contributed by atoms with E-state index in [0.717, 1.165) is 77.7 Å². The summed E-state index contributed by atoms with van der Waals surface area (Å²) in [4.78, 5) is 5.28. The van der Waals surface area contributed by atoms with Gasteiger partial charge in [-0.05, 0) is 51.6 Å². The van der Waals surface area contributed by atoms with Crippen molar-refractivity contribution in [3.05, 3.63) is 193 Å². The second-order valence-corrected chi connectivity index (χ2v) is 11.7. The minimum absolute atomic E-state index is 0.433. The van der Waals surface area contributed by atoms with Gasteiger partial charge in [0.1, 0.15) is 11.2 Å². The van der Waals surface area contributed by atoms with Crippen molar-refractivity contribution in [1.29, 1.82) is 0 Å². The first kappa shape index (κ1) is 28.9. The van der Waals surface area contributed by atoms with Gasteiger partial charge >= 0.3 is 0 Å². The van der Waals surface area contributed by atoms with Gasteiger partial charge in [0.05, 0.1) is 5.71 Å². The Labute approximate surface area is 279 Å². The lowest BCUT2D eigenvalue weighted by molar-refractivity contribution is 0.669. The summed E-state index contributed by atoms with van der Waals surface area (Å²) in [7, 11) is 0. The number of hydrogen-bond acceptors (Lipinski definition) is 3. The van der Waals surface area contributed by atoms with Gasteiger partial charge in [-0.1, -0.05) is 158 Å². The fourth-order valence-electron chi connectivity index (χ4n) is 6.29. The maximum atomic E-state index is 6.48. The summed E-state index contributed by atoms with van der Waals surface area (Å²) in [6.07, 6.45) is 0. The van der Waals surface area contributed by atoms with E-state index in [0.29, 0.717) is 5.84 Å². The number of benzene rings is 7. The Kier molecular flexibility index (Phi) is 7.65. The molecule has 228 valence electrons. The van der Waals surface area contributed by atoms with E-state index in [4.69, 9.17) is 15.3 Å². The van der Waals surface area contributed by atoms with Gasteiger partial charge in [-0.25, -0.2) is 4.99 Å². The largest absolute Gasteiger partial charge is 0.456 e. The molecule has 2 N–H and O–H groups in total. The van der Waals surface area contributed by atoms with E-state index in [-0.39, 0.29) is 0 Å². The SMILES string of the molecule is N/N=C(\N=C(c1ccc(-c2ccccc2)cc1)c1cc(-c2ccccc2)cc2oc3ccccc3c12)c1ccc(-c2ccccc2)cc1. The smallest absolute Gasteiger partial charge is 0.179 e. The number of hydrazone groups is 1. The van der Waals surface area contributed by atoms with Crippen LogP contribution in [0.1, 0.15) is 16.7 Å². The maximum Gasteiger partial charge on any atom is 0.179 e. The third-order valence-corrected chi connectivity index (χ3v) is 8.70. The number of hydrogen-bond donors (Lipinski definition) is 1. The zero-order valence-corrected chi connectivity index (χ0v) is 26.1. The second kappa shape index (κ2) is 12.7. The summed E-state index contributed by atoms with van der Waals surface area (Å²) in [5.41, 5.74) is 11.7. The molecule has 0 amide bonds. The molecule has 7 aromatic carbocycles. The molecule has 0 unspecified atom stereocenters. The molecule has 0 fully saturated rings. The highest BCUT2D eigenvalue weighted by Gasteiger charge is 2.20. The molecule has 0 spiro atoms. The highest BCUT2D eigenvalue weighted by atomic mass is 16.3. The number of rotatable bonds is 6. The van der Waals surface area contributed by atoms with Crippen molar-refractivity contribution in [2.45, 2.75) is 0 Å². The van der Waals surface area contributed by atoms with Gasteiger partial charge < -0.3 is 10.3 Å². The number of para-hydroxylation sites is 1. The Morgan fingerprint density at radius 1 is 0.438 bits per heavy atom. The molecule has 4 nitrogen and oxygen atoms in total. The molecule has 0 bridgehead atoms. The molecular weight excluding hydrogens is 587 g/mol. The molecule has 0 saturated carbocycles.